The third kappa shape index (κ3) is 42.1. The summed E-state index contributed by atoms with van der Waals surface area (Å²) in [5, 5.41) is 0. The van der Waals surface area contributed by atoms with Crippen LogP contribution in [0, 0.1) is 6.92 Å². The summed E-state index contributed by atoms with van der Waals surface area (Å²) >= 11 is 0. The molecule has 0 saturated heterocycles. The Kier molecular flexibility index (Phi) is 95.6. The zero-order chi connectivity index (χ0) is 3.41. The maximum absolute atomic E-state index is 3.60. The van der Waals surface area contributed by atoms with E-state index in [-0.39, 0.29) is 41.7 Å². The summed E-state index contributed by atoms with van der Waals surface area (Å²) in [6, 6.07) is 0. The van der Waals surface area contributed by atoms with Gasteiger partial charge >= 0.3 is 18.9 Å². The van der Waals surface area contributed by atoms with E-state index in [0.717, 1.165) is 6.42 Å². The molecular weight excluding hydrogens is 98.0 g/mol. The second-order valence-corrected chi connectivity index (χ2v) is 0.854. The molecule has 3 heteroatoms. The molecule has 0 aliphatic heterocycles. The Balaban J connectivity index is -0.0000000150. The molecule has 0 rings (SSSR count). The van der Waals surface area contributed by atoms with Crippen molar-refractivity contribution in [1.82, 2.24) is 0 Å². The Bertz CT molecular complexity index is 13.7. The van der Waals surface area contributed by atoms with Crippen LogP contribution >= 0.6 is 0 Å². The second-order valence-electron chi connectivity index (χ2n) is 0.854. The van der Waals surface area contributed by atoms with Crippen molar-refractivity contribution in [1.29, 1.82) is 0 Å². The smallest absolute Gasteiger partial charge is 0.412 e. The SMILES string of the molecule is O.[AlH3].[CH2-]CCC.[Li+]. The summed E-state index contributed by atoms with van der Waals surface area (Å²) in [5.74, 6) is 0. The van der Waals surface area contributed by atoms with Gasteiger partial charge in [0.2, 0.25) is 0 Å². The fourth-order valence-electron chi connectivity index (χ4n) is 0. The quantitative estimate of drug-likeness (QED) is 0.250. The molecule has 0 bridgehead atoms. The molecule has 1 nitrogen and oxygen atoms in total. The van der Waals surface area contributed by atoms with Crippen molar-refractivity contribution in [3.8, 4) is 0 Å². The largest absolute Gasteiger partial charge is 1.00 e. The van der Waals surface area contributed by atoms with Gasteiger partial charge in [-0.05, 0) is 0 Å². The number of hydrogen-bond acceptors (Lipinski definition) is 0. The molecule has 40 valence electrons. The van der Waals surface area contributed by atoms with E-state index in [1.54, 1.807) is 0 Å². The molecule has 0 atom stereocenters. The van der Waals surface area contributed by atoms with E-state index >= 15 is 0 Å². The Morgan fingerprint density at radius 1 is 1.43 bits per heavy atom. The first-order chi connectivity index (χ1) is 1.91. The number of unbranched alkanes of at least 4 members (excludes halogenated alkanes) is 1. The predicted molar refractivity (Wildman–Crippen MR) is 33.8 cm³/mol. The van der Waals surface area contributed by atoms with Crippen molar-refractivity contribution in [2.45, 2.75) is 19.8 Å². The zero-order valence-electron chi connectivity index (χ0n) is 4.62. The Morgan fingerprint density at radius 2 is 1.57 bits per heavy atom. The van der Waals surface area contributed by atoms with Crippen molar-refractivity contribution in [2.75, 3.05) is 0 Å². The van der Waals surface area contributed by atoms with Crippen LogP contribution in [0.2, 0.25) is 0 Å². The van der Waals surface area contributed by atoms with E-state index in [9.17, 15) is 0 Å². The van der Waals surface area contributed by atoms with Gasteiger partial charge in [0.05, 0.1) is 0 Å². The van der Waals surface area contributed by atoms with Gasteiger partial charge in [-0.3, -0.25) is 0 Å². The summed E-state index contributed by atoms with van der Waals surface area (Å²) in [6.07, 6.45) is 2.28. The van der Waals surface area contributed by atoms with Gasteiger partial charge in [0, 0.05) is 0 Å². The summed E-state index contributed by atoms with van der Waals surface area (Å²) in [4.78, 5) is 0. The average Bonchev–Trinajstić information content (AvgIpc) is 1.37. The van der Waals surface area contributed by atoms with Crippen LogP contribution < -0.4 is 18.9 Å². The van der Waals surface area contributed by atoms with Gasteiger partial charge in [-0.25, -0.2) is 0 Å². The summed E-state index contributed by atoms with van der Waals surface area (Å²) in [5.41, 5.74) is 0. The molecule has 0 saturated carbocycles. The minimum absolute atomic E-state index is 0. The normalized spacial score (nSPS) is 4.29. The van der Waals surface area contributed by atoms with Crippen LogP contribution in [0.4, 0.5) is 0 Å². The first kappa shape index (κ1) is 24.3. The molecule has 0 spiro atoms. The summed E-state index contributed by atoms with van der Waals surface area (Å²) < 4.78 is 0. The monoisotopic (exact) mass is 112 g/mol. The van der Waals surface area contributed by atoms with Crippen LogP contribution in [-0.4, -0.2) is 22.8 Å². The van der Waals surface area contributed by atoms with Crippen LogP contribution in [-0.2, 0) is 0 Å². The minimum atomic E-state index is 0. The van der Waals surface area contributed by atoms with E-state index < -0.39 is 0 Å². The average molecular weight is 112 g/mol. The molecule has 7 heavy (non-hydrogen) atoms. The van der Waals surface area contributed by atoms with Crippen molar-refractivity contribution >= 4 is 17.4 Å². The van der Waals surface area contributed by atoms with Crippen LogP contribution in [0.5, 0.6) is 0 Å². The van der Waals surface area contributed by atoms with E-state index in [1.165, 1.54) is 6.42 Å². The summed E-state index contributed by atoms with van der Waals surface area (Å²) in [6.45, 7) is 5.72. The molecule has 0 fully saturated rings. The van der Waals surface area contributed by atoms with Crippen molar-refractivity contribution in [2.24, 2.45) is 0 Å². The molecule has 0 amide bonds. The number of hydrogen-bond donors (Lipinski definition) is 0. The predicted octanol–water partition coefficient (Wildman–Crippen LogP) is -3.38. The number of rotatable bonds is 1. The fraction of sp³-hybridized carbons (Fsp3) is 0.750. The van der Waals surface area contributed by atoms with Crippen molar-refractivity contribution < 1.29 is 24.3 Å². The Labute approximate surface area is 68.5 Å². The first-order valence-electron chi connectivity index (χ1n) is 1.71. The van der Waals surface area contributed by atoms with Gasteiger partial charge in [0.1, 0.15) is 0 Å². The molecule has 2 N–H and O–H groups in total. The van der Waals surface area contributed by atoms with Crippen molar-refractivity contribution in [3.05, 3.63) is 6.92 Å². The molecule has 0 heterocycles. The van der Waals surface area contributed by atoms with Gasteiger partial charge in [0.15, 0.2) is 17.4 Å². The van der Waals surface area contributed by atoms with Crippen LogP contribution in [0.15, 0.2) is 0 Å². The zero-order valence-corrected chi connectivity index (χ0v) is 4.62. The van der Waals surface area contributed by atoms with Crippen LogP contribution in [0.25, 0.3) is 0 Å². The molecule has 0 unspecified atom stereocenters. The van der Waals surface area contributed by atoms with Crippen LogP contribution in [0.3, 0.4) is 0 Å². The topological polar surface area (TPSA) is 31.5 Å². The summed E-state index contributed by atoms with van der Waals surface area (Å²) in [7, 11) is 0. The Hall–Kier alpha value is 1.09. The third-order valence-corrected chi connectivity index (χ3v) is 0.354. The van der Waals surface area contributed by atoms with E-state index in [2.05, 4.69) is 13.8 Å². The molecule has 0 aromatic rings. The standard InChI is InChI=1S/C4H9.Al.Li.H2O.3H/c1-3-4-2;;;;;;/h1,3-4H2,2H3;;;1H2;;;/q-1;;+1;;;;. The van der Waals surface area contributed by atoms with Gasteiger partial charge in [-0.15, -0.1) is 0 Å². The molecule has 0 aromatic carbocycles. The molecule has 0 aliphatic rings. The van der Waals surface area contributed by atoms with E-state index in [4.69, 9.17) is 0 Å². The maximum atomic E-state index is 3.60. The molecular formula is C4H14AlLiO. The fourth-order valence-corrected chi connectivity index (χ4v) is 0. The molecule has 0 radical (unpaired) electrons. The van der Waals surface area contributed by atoms with E-state index in [0.29, 0.717) is 0 Å². The maximum Gasteiger partial charge on any atom is 1.00 e. The van der Waals surface area contributed by atoms with Gasteiger partial charge in [-0.2, -0.15) is 6.42 Å². The minimum Gasteiger partial charge on any atom is -0.412 e. The molecule has 0 aromatic heterocycles. The van der Waals surface area contributed by atoms with Gasteiger partial charge in [0.25, 0.3) is 0 Å². The third-order valence-electron chi connectivity index (χ3n) is 0.354. The first-order valence-corrected chi connectivity index (χ1v) is 1.71. The van der Waals surface area contributed by atoms with Gasteiger partial charge in [-0.1, -0.05) is 13.3 Å². The van der Waals surface area contributed by atoms with E-state index in [1.807, 2.05) is 0 Å². The van der Waals surface area contributed by atoms with Crippen molar-refractivity contribution in [3.63, 3.8) is 0 Å². The van der Waals surface area contributed by atoms with Crippen LogP contribution in [0.1, 0.15) is 19.8 Å². The Morgan fingerprint density at radius 3 is 1.57 bits per heavy atom. The van der Waals surface area contributed by atoms with Gasteiger partial charge < -0.3 is 12.4 Å². The molecule has 0 aliphatic carbocycles. The second kappa shape index (κ2) is 27.5.